The largest absolute Gasteiger partial charge is 0.493 e. The normalized spacial score (nSPS) is 15.4. The predicted molar refractivity (Wildman–Crippen MR) is 97.5 cm³/mol. The highest BCUT2D eigenvalue weighted by Gasteiger charge is 2.34. The third kappa shape index (κ3) is 4.29. The summed E-state index contributed by atoms with van der Waals surface area (Å²) in [5, 5.41) is 2.18. The van der Waals surface area contributed by atoms with Gasteiger partial charge < -0.3 is 19.5 Å². The number of thioether (sulfide) groups is 1. The first-order chi connectivity index (χ1) is 12.4. The fraction of sp³-hybridized carbons (Fsp3) is 0.353. The van der Waals surface area contributed by atoms with Gasteiger partial charge in [0.05, 0.1) is 26.2 Å². The van der Waals surface area contributed by atoms with Crippen molar-refractivity contribution in [2.24, 2.45) is 0 Å². The van der Waals surface area contributed by atoms with Crippen molar-refractivity contribution in [2.75, 3.05) is 34.4 Å². The molecular formula is C17H20N2O6S. The molecule has 8 nitrogen and oxygen atoms in total. The Morgan fingerprint density at radius 1 is 1.15 bits per heavy atom. The highest BCUT2D eigenvalue weighted by atomic mass is 32.2. The summed E-state index contributed by atoms with van der Waals surface area (Å²) in [6.07, 6.45) is 1.59. The second kappa shape index (κ2) is 8.61. The van der Waals surface area contributed by atoms with Crippen LogP contribution >= 0.6 is 11.8 Å². The lowest BCUT2D eigenvalue weighted by atomic mass is 10.1. The van der Waals surface area contributed by atoms with Crippen LogP contribution in [-0.4, -0.2) is 56.4 Å². The number of carbonyl (C=O) groups is 3. The van der Waals surface area contributed by atoms with E-state index in [9.17, 15) is 14.4 Å². The van der Waals surface area contributed by atoms with E-state index < -0.39 is 5.91 Å². The first-order valence-electron chi connectivity index (χ1n) is 7.71. The third-order valence-electron chi connectivity index (χ3n) is 3.57. The highest BCUT2D eigenvalue weighted by Crippen LogP contribution is 2.40. The van der Waals surface area contributed by atoms with Crippen LogP contribution in [0.1, 0.15) is 12.5 Å². The van der Waals surface area contributed by atoms with Gasteiger partial charge in [-0.1, -0.05) is 0 Å². The summed E-state index contributed by atoms with van der Waals surface area (Å²) in [5.41, 5.74) is 0.631. The van der Waals surface area contributed by atoms with Crippen LogP contribution in [-0.2, 0) is 9.59 Å². The molecule has 3 amide bonds. The summed E-state index contributed by atoms with van der Waals surface area (Å²) in [6, 6.07) is 3.37. The van der Waals surface area contributed by atoms with Crippen LogP contribution in [0.4, 0.5) is 4.79 Å². The Hall–Kier alpha value is -2.68. The minimum Gasteiger partial charge on any atom is -0.493 e. The molecule has 26 heavy (non-hydrogen) atoms. The molecule has 140 valence electrons. The molecule has 1 heterocycles. The number of methoxy groups -OCH3 is 3. The lowest BCUT2D eigenvalue weighted by Crippen LogP contribution is -2.36. The number of hydrogen-bond donors (Lipinski definition) is 1. The van der Waals surface area contributed by atoms with E-state index in [1.54, 1.807) is 18.2 Å². The number of carbonyl (C=O) groups excluding carboxylic acids is 3. The SMILES string of the molecule is COc1cc(C=C2SC(=O)N(CCNC(C)=O)C2=O)cc(OC)c1OC. The third-order valence-corrected chi connectivity index (χ3v) is 4.48. The zero-order valence-electron chi connectivity index (χ0n) is 15.0. The van der Waals surface area contributed by atoms with Crippen molar-refractivity contribution in [1.29, 1.82) is 0 Å². The number of rotatable bonds is 7. The molecular weight excluding hydrogens is 360 g/mol. The van der Waals surface area contributed by atoms with Gasteiger partial charge >= 0.3 is 0 Å². The van der Waals surface area contributed by atoms with Crippen LogP contribution in [0.5, 0.6) is 17.2 Å². The maximum absolute atomic E-state index is 12.4. The molecule has 0 aromatic heterocycles. The lowest BCUT2D eigenvalue weighted by Gasteiger charge is -2.13. The summed E-state index contributed by atoms with van der Waals surface area (Å²) >= 11 is 0.845. The van der Waals surface area contributed by atoms with E-state index in [2.05, 4.69) is 5.32 Å². The van der Waals surface area contributed by atoms with Crippen LogP contribution < -0.4 is 19.5 Å². The van der Waals surface area contributed by atoms with Gasteiger partial charge in [-0.25, -0.2) is 0 Å². The quantitative estimate of drug-likeness (QED) is 0.722. The Balaban J connectivity index is 2.25. The number of benzene rings is 1. The highest BCUT2D eigenvalue weighted by molar-refractivity contribution is 8.18. The molecule has 0 bridgehead atoms. The van der Waals surface area contributed by atoms with Crippen molar-refractivity contribution in [3.8, 4) is 17.2 Å². The van der Waals surface area contributed by atoms with Crippen LogP contribution in [0.3, 0.4) is 0 Å². The zero-order chi connectivity index (χ0) is 19.3. The monoisotopic (exact) mass is 380 g/mol. The van der Waals surface area contributed by atoms with Crippen LogP contribution in [0.15, 0.2) is 17.0 Å². The second-order valence-electron chi connectivity index (χ2n) is 5.27. The Morgan fingerprint density at radius 3 is 2.27 bits per heavy atom. The van der Waals surface area contributed by atoms with Gasteiger partial charge in [0.2, 0.25) is 11.7 Å². The summed E-state index contributed by atoms with van der Waals surface area (Å²) in [7, 11) is 4.49. The fourth-order valence-electron chi connectivity index (χ4n) is 2.37. The number of nitrogens with zero attached hydrogens (tertiary/aromatic N) is 1. The van der Waals surface area contributed by atoms with Crippen LogP contribution in [0.2, 0.25) is 0 Å². The number of imide groups is 1. The molecule has 0 aliphatic carbocycles. The van der Waals surface area contributed by atoms with Gasteiger partial charge in [-0.15, -0.1) is 0 Å². The molecule has 2 rings (SSSR count). The Kier molecular flexibility index (Phi) is 6.51. The van der Waals surface area contributed by atoms with Gasteiger partial charge in [-0.3, -0.25) is 19.3 Å². The van der Waals surface area contributed by atoms with Gasteiger partial charge in [0.25, 0.3) is 11.1 Å². The van der Waals surface area contributed by atoms with Crippen molar-refractivity contribution in [2.45, 2.75) is 6.92 Å². The molecule has 1 aliphatic heterocycles. The van der Waals surface area contributed by atoms with Crippen LogP contribution in [0, 0.1) is 0 Å². The van der Waals surface area contributed by atoms with E-state index in [-0.39, 0.29) is 29.1 Å². The molecule has 0 spiro atoms. The standard InChI is InChI=1S/C17H20N2O6S/c1-10(20)18-5-6-19-16(21)14(26-17(19)22)9-11-7-12(23-2)15(25-4)13(8-11)24-3/h7-9H,5-6H2,1-4H3,(H,18,20). The summed E-state index contributed by atoms with van der Waals surface area (Å²) in [6.45, 7) is 1.71. The van der Waals surface area contributed by atoms with E-state index in [1.807, 2.05) is 0 Å². The van der Waals surface area contributed by atoms with Crippen molar-refractivity contribution in [1.82, 2.24) is 10.2 Å². The minimum atomic E-state index is -0.404. The maximum Gasteiger partial charge on any atom is 0.293 e. The molecule has 1 fully saturated rings. The lowest BCUT2D eigenvalue weighted by molar-refractivity contribution is -0.123. The average Bonchev–Trinajstić information content (AvgIpc) is 2.87. The molecule has 1 aliphatic rings. The molecule has 0 saturated carbocycles. The number of nitrogens with one attached hydrogen (secondary N) is 1. The van der Waals surface area contributed by atoms with Gasteiger partial charge in [0.1, 0.15) is 0 Å². The fourth-order valence-corrected chi connectivity index (χ4v) is 3.24. The molecule has 9 heteroatoms. The number of amides is 3. The van der Waals surface area contributed by atoms with E-state index in [1.165, 1.54) is 28.3 Å². The molecule has 1 N–H and O–H groups in total. The second-order valence-corrected chi connectivity index (χ2v) is 6.27. The van der Waals surface area contributed by atoms with Crippen molar-refractivity contribution in [3.63, 3.8) is 0 Å². The van der Waals surface area contributed by atoms with Gasteiger partial charge in [-0.2, -0.15) is 0 Å². The van der Waals surface area contributed by atoms with Crippen LogP contribution in [0.25, 0.3) is 6.08 Å². The van der Waals surface area contributed by atoms with Crippen molar-refractivity contribution < 1.29 is 28.6 Å². The molecule has 0 unspecified atom stereocenters. The topological polar surface area (TPSA) is 94.2 Å². The summed E-state index contributed by atoms with van der Waals surface area (Å²) in [5.74, 6) is 0.713. The first-order valence-corrected chi connectivity index (χ1v) is 8.52. The first kappa shape index (κ1) is 19.6. The zero-order valence-corrected chi connectivity index (χ0v) is 15.8. The van der Waals surface area contributed by atoms with Gasteiger partial charge in [0.15, 0.2) is 11.5 Å². The Bertz CT molecular complexity index is 737. The van der Waals surface area contributed by atoms with E-state index in [0.717, 1.165) is 16.7 Å². The van der Waals surface area contributed by atoms with E-state index in [4.69, 9.17) is 14.2 Å². The summed E-state index contributed by atoms with van der Waals surface area (Å²) in [4.78, 5) is 36.8. The van der Waals surface area contributed by atoms with Gasteiger partial charge in [-0.05, 0) is 35.5 Å². The minimum absolute atomic E-state index is 0.122. The Labute approximate surface area is 155 Å². The van der Waals surface area contributed by atoms with Crippen molar-refractivity contribution >= 4 is 34.9 Å². The molecule has 0 radical (unpaired) electrons. The molecule has 1 aromatic rings. The predicted octanol–water partition coefficient (Wildman–Crippen LogP) is 1.88. The molecule has 1 aromatic carbocycles. The number of hydrogen-bond acceptors (Lipinski definition) is 7. The van der Waals surface area contributed by atoms with E-state index in [0.29, 0.717) is 22.8 Å². The van der Waals surface area contributed by atoms with Gasteiger partial charge in [0, 0.05) is 20.0 Å². The maximum atomic E-state index is 12.4. The van der Waals surface area contributed by atoms with E-state index >= 15 is 0 Å². The smallest absolute Gasteiger partial charge is 0.293 e. The van der Waals surface area contributed by atoms with Crippen molar-refractivity contribution in [3.05, 3.63) is 22.6 Å². The average molecular weight is 380 g/mol. The molecule has 1 saturated heterocycles. The molecule has 0 atom stereocenters. The Morgan fingerprint density at radius 2 is 1.77 bits per heavy atom. The summed E-state index contributed by atoms with van der Waals surface area (Å²) < 4.78 is 15.8. The number of ether oxygens (including phenoxy) is 3.